The third-order valence-corrected chi connectivity index (χ3v) is 4.83. The van der Waals surface area contributed by atoms with Crippen LogP contribution in [0.25, 0.3) is 0 Å². The first-order chi connectivity index (χ1) is 12.9. The van der Waals surface area contributed by atoms with Gasteiger partial charge in [0.15, 0.2) is 17.7 Å². The molecule has 7 heteroatoms. The Morgan fingerprint density at radius 1 is 1.07 bits per heavy atom. The monoisotopic (exact) mass is 374 g/mol. The highest BCUT2D eigenvalue weighted by Gasteiger charge is 2.46. The summed E-state index contributed by atoms with van der Waals surface area (Å²) in [6.45, 7) is 1.44. The molecule has 0 aliphatic heterocycles. The summed E-state index contributed by atoms with van der Waals surface area (Å²) < 4.78 is 32.4. The molecule has 0 bridgehead atoms. The summed E-state index contributed by atoms with van der Waals surface area (Å²) in [5.41, 5.74) is 4.41. The number of carbonyl (C=O) groups is 2. The third kappa shape index (κ3) is 3.92. The van der Waals surface area contributed by atoms with E-state index in [-0.39, 0.29) is 5.75 Å². The van der Waals surface area contributed by atoms with Gasteiger partial charge in [0, 0.05) is 0 Å². The number of hydrazine groups is 1. The van der Waals surface area contributed by atoms with E-state index < -0.39 is 35.0 Å². The first-order valence-corrected chi connectivity index (χ1v) is 8.70. The summed E-state index contributed by atoms with van der Waals surface area (Å²) >= 11 is 0. The minimum absolute atomic E-state index is 0.0540. The molecule has 0 heterocycles. The number of carbonyl (C=O) groups excluding carboxylic acids is 2. The van der Waals surface area contributed by atoms with Gasteiger partial charge in [-0.15, -0.1) is 0 Å². The van der Waals surface area contributed by atoms with Crippen LogP contribution in [0.3, 0.4) is 0 Å². The number of hydrogen-bond acceptors (Lipinski definition) is 3. The number of para-hydroxylation sites is 1. The van der Waals surface area contributed by atoms with Crippen LogP contribution >= 0.6 is 0 Å². The van der Waals surface area contributed by atoms with Gasteiger partial charge in [0.2, 0.25) is 5.91 Å². The molecular formula is C20H20F2N2O3. The van der Waals surface area contributed by atoms with Crippen molar-refractivity contribution in [3.8, 4) is 5.75 Å². The summed E-state index contributed by atoms with van der Waals surface area (Å²) in [6, 6.07) is 11.6. The Labute approximate surface area is 155 Å². The molecule has 1 atom stereocenters. The first kappa shape index (κ1) is 18.8. The van der Waals surface area contributed by atoms with Crippen molar-refractivity contribution in [2.45, 2.75) is 37.7 Å². The first-order valence-electron chi connectivity index (χ1n) is 8.70. The zero-order valence-electron chi connectivity index (χ0n) is 14.8. The van der Waals surface area contributed by atoms with Crippen molar-refractivity contribution in [1.29, 1.82) is 0 Å². The molecule has 0 spiro atoms. The molecule has 0 radical (unpaired) electrons. The maximum atomic E-state index is 13.6. The standard InChI is InChI=1S/C20H20F2N2O3/c1-13(27-17-9-3-2-8-16(17)22)18(25)23-24-19(26)20(10-5-11-20)14-6-4-7-15(21)12-14/h2-4,6-9,12-13H,5,10-11H2,1H3,(H,23,25)(H,24,26). The molecule has 142 valence electrons. The van der Waals surface area contributed by atoms with E-state index in [0.29, 0.717) is 18.4 Å². The molecule has 3 rings (SSSR count). The van der Waals surface area contributed by atoms with Crippen molar-refractivity contribution in [1.82, 2.24) is 10.9 Å². The fourth-order valence-corrected chi connectivity index (χ4v) is 3.09. The summed E-state index contributed by atoms with van der Waals surface area (Å²) in [7, 11) is 0. The SMILES string of the molecule is CC(Oc1ccccc1F)C(=O)NNC(=O)C1(c2cccc(F)c2)CCC1. The van der Waals surface area contributed by atoms with Crippen LogP contribution in [0.2, 0.25) is 0 Å². The lowest BCUT2D eigenvalue weighted by Crippen LogP contribution is -2.56. The number of hydrogen-bond donors (Lipinski definition) is 2. The largest absolute Gasteiger partial charge is 0.478 e. The van der Waals surface area contributed by atoms with Gasteiger partial charge in [0.1, 0.15) is 5.82 Å². The summed E-state index contributed by atoms with van der Waals surface area (Å²) in [6.07, 6.45) is 0.956. The maximum absolute atomic E-state index is 13.6. The van der Waals surface area contributed by atoms with Gasteiger partial charge < -0.3 is 4.74 Å². The van der Waals surface area contributed by atoms with Gasteiger partial charge in [-0.1, -0.05) is 30.7 Å². The third-order valence-electron chi connectivity index (χ3n) is 4.83. The predicted molar refractivity (Wildman–Crippen MR) is 94.7 cm³/mol. The molecule has 0 saturated heterocycles. The smallest absolute Gasteiger partial charge is 0.279 e. The van der Waals surface area contributed by atoms with Crippen LogP contribution in [0, 0.1) is 11.6 Å². The van der Waals surface area contributed by atoms with Crippen LogP contribution in [0.1, 0.15) is 31.7 Å². The van der Waals surface area contributed by atoms with E-state index in [0.717, 1.165) is 6.42 Å². The number of nitrogens with one attached hydrogen (secondary N) is 2. The van der Waals surface area contributed by atoms with E-state index in [2.05, 4.69) is 10.9 Å². The number of ether oxygens (including phenoxy) is 1. The Balaban J connectivity index is 1.61. The van der Waals surface area contributed by atoms with Crippen molar-refractivity contribution < 1.29 is 23.1 Å². The van der Waals surface area contributed by atoms with E-state index in [1.165, 1.54) is 37.3 Å². The lowest BCUT2D eigenvalue weighted by atomic mass is 9.64. The van der Waals surface area contributed by atoms with Crippen LogP contribution < -0.4 is 15.6 Å². The highest BCUT2D eigenvalue weighted by atomic mass is 19.1. The zero-order chi connectivity index (χ0) is 19.4. The van der Waals surface area contributed by atoms with Crippen LogP contribution in [-0.2, 0) is 15.0 Å². The van der Waals surface area contributed by atoms with Crippen LogP contribution in [0.4, 0.5) is 8.78 Å². The van der Waals surface area contributed by atoms with E-state index in [1.807, 2.05) is 0 Å². The Kier molecular flexibility index (Phi) is 5.39. The molecular weight excluding hydrogens is 354 g/mol. The predicted octanol–water partition coefficient (Wildman–Crippen LogP) is 3.00. The van der Waals surface area contributed by atoms with E-state index in [9.17, 15) is 18.4 Å². The van der Waals surface area contributed by atoms with E-state index >= 15 is 0 Å². The molecule has 0 aromatic heterocycles. The van der Waals surface area contributed by atoms with Gasteiger partial charge in [-0.25, -0.2) is 8.78 Å². The molecule has 1 fully saturated rings. The average molecular weight is 374 g/mol. The summed E-state index contributed by atoms with van der Waals surface area (Å²) in [4.78, 5) is 24.8. The minimum atomic E-state index is -1.02. The van der Waals surface area contributed by atoms with Gasteiger partial charge in [-0.3, -0.25) is 20.4 Å². The van der Waals surface area contributed by atoms with Crippen molar-refractivity contribution in [3.05, 3.63) is 65.7 Å². The van der Waals surface area contributed by atoms with Gasteiger partial charge in [-0.2, -0.15) is 0 Å². The highest BCUT2D eigenvalue weighted by Crippen LogP contribution is 2.44. The maximum Gasteiger partial charge on any atom is 0.279 e. The molecule has 1 aliphatic rings. The average Bonchev–Trinajstić information content (AvgIpc) is 2.60. The van der Waals surface area contributed by atoms with Gasteiger partial charge in [-0.05, 0) is 49.6 Å². The van der Waals surface area contributed by atoms with Gasteiger partial charge >= 0.3 is 0 Å². The lowest BCUT2D eigenvalue weighted by molar-refractivity contribution is -0.137. The molecule has 27 heavy (non-hydrogen) atoms. The Morgan fingerprint density at radius 2 is 1.81 bits per heavy atom. The van der Waals surface area contributed by atoms with Crippen LogP contribution in [0.15, 0.2) is 48.5 Å². The number of rotatable bonds is 5. The summed E-state index contributed by atoms with van der Waals surface area (Å²) in [5, 5.41) is 0. The Hall–Kier alpha value is -2.96. The van der Waals surface area contributed by atoms with Gasteiger partial charge in [0.25, 0.3) is 5.91 Å². The second kappa shape index (κ2) is 7.73. The van der Waals surface area contributed by atoms with Crippen molar-refractivity contribution in [3.63, 3.8) is 0 Å². The number of amides is 2. The minimum Gasteiger partial charge on any atom is -0.478 e. The fourth-order valence-electron chi connectivity index (χ4n) is 3.09. The highest BCUT2D eigenvalue weighted by molar-refractivity contribution is 5.91. The topological polar surface area (TPSA) is 67.4 Å². The normalized spacial score (nSPS) is 16.0. The zero-order valence-corrected chi connectivity index (χ0v) is 14.8. The molecule has 2 aromatic rings. The Morgan fingerprint density at radius 3 is 2.44 bits per heavy atom. The van der Waals surface area contributed by atoms with E-state index in [1.54, 1.807) is 18.2 Å². The Bertz CT molecular complexity index is 853. The fraction of sp³-hybridized carbons (Fsp3) is 0.300. The second-order valence-electron chi connectivity index (χ2n) is 6.58. The molecule has 2 amide bonds. The molecule has 1 saturated carbocycles. The van der Waals surface area contributed by atoms with Crippen LogP contribution in [0.5, 0.6) is 5.75 Å². The molecule has 2 N–H and O–H groups in total. The molecule has 5 nitrogen and oxygen atoms in total. The molecule has 1 aliphatic carbocycles. The van der Waals surface area contributed by atoms with Crippen molar-refractivity contribution in [2.75, 3.05) is 0 Å². The van der Waals surface area contributed by atoms with Crippen molar-refractivity contribution in [2.24, 2.45) is 0 Å². The quantitative estimate of drug-likeness (QED) is 0.791. The van der Waals surface area contributed by atoms with Crippen LogP contribution in [-0.4, -0.2) is 17.9 Å². The van der Waals surface area contributed by atoms with Gasteiger partial charge in [0.05, 0.1) is 5.41 Å². The molecule has 2 aromatic carbocycles. The van der Waals surface area contributed by atoms with Crippen molar-refractivity contribution >= 4 is 11.8 Å². The number of benzene rings is 2. The summed E-state index contributed by atoms with van der Waals surface area (Å²) in [5.74, 6) is -2.09. The number of halogens is 2. The molecule has 1 unspecified atom stereocenters. The second-order valence-corrected chi connectivity index (χ2v) is 6.58. The lowest BCUT2D eigenvalue weighted by Gasteiger charge is -2.40. The van der Waals surface area contributed by atoms with E-state index in [4.69, 9.17) is 4.74 Å².